The molecule has 2 unspecified atom stereocenters. The fraction of sp³-hybridized carbons (Fsp3) is 0.476. The van der Waals surface area contributed by atoms with Gasteiger partial charge in [0, 0.05) is 30.5 Å². The average molecular weight is 384 g/mol. The molecule has 1 aliphatic rings. The summed E-state index contributed by atoms with van der Waals surface area (Å²) in [5.41, 5.74) is 1.92. The molecule has 3 aromatic heterocycles. The summed E-state index contributed by atoms with van der Waals surface area (Å²) in [7, 11) is 1.82. The van der Waals surface area contributed by atoms with Crippen LogP contribution in [-0.4, -0.2) is 27.8 Å². The van der Waals surface area contributed by atoms with Crippen molar-refractivity contribution in [1.29, 1.82) is 0 Å². The molecule has 1 aliphatic carbocycles. The quantitative estimate of drug-likeness (QED) is 0.631. The fourth-order valence-electron chi connectivity index (χ4n) is 3.63. The van der Waals surface area contributed by atoms with Gasteiger partial charge in [0.2, 0.25) is 0 Å². The molecule has 1 amide bonds. The van der Waals surface area contributed by atoms with Crippen molar-refractivity contribution in [2.75, 3.05) is 7.05 Å². The molecule has 0 saturated heterocycles. The molecule has 142 valence electrons. The van der Waals surface area contributed by atoms with Crippen LogP contribution in [0.25, 0.3) is 10.2 Å². The second-order valence-electron chi connectivity index (χ2n) is 7.60. The molecule has 27 heavy (non-hydrogen) atoms. The van der Waals surface area contributed by atoms with E-state index in [0.29, 0.717) is 18.4 Å². The molecular formula is C21H25N3O2S. The monoisotopic (exact) mass is 383 g/mol. The molecule has 3 heterocycles. The van der Waals surface area contributed by atoms with Gasteiger partial charge in [0.05, 0.1) is 11.4 Å². The van der Waals surface area contributed by atoms with Gasteiger partial charge in [-0.05, 0) is 43.9 Å². The Labute approximate surface area is 163 Å². The molecule has 0 aromatic carbocycles. The van der Waals surface area contributed by atoms with Crippen molar-refractivity contribution in [3.63, 3.8) is 0 Å². The summed E-state index contributed by atoms with van der Waals surface area (Å²) in [5, 5.41) is 1.01. The average Bonchev–Trinajstić information content (AvgIpc) is 3.04. The number of aromatic nitrogens is 2. The van der Waals surface area contributed by atoms with E-state index >= 15 is 0 Å². The Morgan fingerprint density at radius 3 is 2.74 bits per heavy atom. The number of furan rings is 1. The van der Waals surface area contributed by atoms with Crippen LogP contribution in [0.4, 0.5) is 0 Å². The lowest BCUT2D eigenvalue weighted by Gasteiger charge is -2.15. The molecule has 6 heteroatoms. The highest BCUT2D eigenvalue weighted by atomic mass is 32.1. The van der Waals surface area contributed by atoms with Gasteiger partial charge >= 0.3 is 0 Å². The Morgan fingerprint density at radius 2 is 2.07 bits per heavy atom. The van der Waals surface area contributed by atoms with Crippen LogP contribution in [0.1, 0.15) is 64.5 Å². The third kappa shape index (κ3) is 3.27. The van der Waals surface area contributed by atoms with E-state index in [0.717, 1.165) is 50.1 Å². The first-order valence-corrected chi connectivity index (χ1v) is 10.3. The topological polar surface area (TPSA) is 59.2 Å². The number of thiophene rings is 1. The van der Waals surface area contributed by atoms with E-state index < -0.39 is 0 Å². The van der Waals surface area contributed by atoms with E-state index in [2.05, 4.69) is 23.0 Å². The first-order chi connectivity index (χ1) is 12.9. The number of hydrogen-bond acceptors (Lipinski definition) is 5. The fourth-order valence-corrected chi connectivity index (χ4v) is 4.88. The number of carbonyl (C=O) groups is 1. The smallest absolute Gasteiger partial charge is 0.264 e. The zero-order valence-electron chi connectivity index (χ0n) is 16.5. The molecule has 0 aliphatic heterocycles. The summed E-state index contributed by atoms with van der Waals surface area (Å²) < 4.78 is 5.96. The van der Waals surface area contributed by atoms with E-state index in [1.54, 1.807) is 4.90 Å². The third-order valence-corrected chi connectivity index (χ3v) is 6.60. The van der Waals surface area contributed by atoms with Gasteiger partial charge in [-0.2, -0.15) is 0 Å². The number of nitrogens with zero attached hydrogens (tertiary/aromatic N) is 3. The van der Waals surface area contributed by atoms with E-state index in [1.165, 1.54) is 17.8 Å². The molecule has 0 N–H and O–H groups in total. The van der Waals surface area contributed by atoms with Crippen molar-refractivity contribution in [2.24, 2.45) is 5.92 Å². The summed E-state index contributed by atoms with van der Waals surface area (Å²) in [6.07, 6.45) is 1.99. The molecule has 0 radical (unpaired) electrons. The highest BCUT2D eigenvalue weighted by molar-refractivity contribution is 7.20. The lowest BCUT2D eigenvalue weighted by molar-refractivity contribution is 0.0779. The first-order valence-electron chi connectivity index (χ1n) is 9.49. The summed E-state index contributed by atoms with van der Waals surface area (Å²) in [6, 6.07) is 4.04. The molecular weight excluding hydrogens is 358 g/mol. The van der Waals surface area contributed by atoms with Crippen LogP contribution in [0.15, 0.2) is 16.5 Å². The molecule has 1 fully saturated rings. The van der Waals surface area contributed by atoms with Crippen molar-refractivity contribution >= 4 is 27.5 Å². The summed E-state index contributed by atoms with van der Waals surface area (Å²) in [4.78, 5) is 25.6. The van der Waals surface area contributed by atoms with Gasteiger partial charge in [-0.25, -0.2) is 9.97 Å². The van der Waals surface area contributed by atoms with E-state index in [-0.39, 0.29) is 5.91 Å². The second kappa shape index (κ2) is 6.75. The van der Waals surface area contributed by atoms with Gasteiger partial charge in [-0.3, -0.25) is 4.79 Å². The summed E-state index contributed by atoms with van der Waals surface area (Å²) in [5.74, 6) is 3.98. The lowest BCUT2D eigenvalue weighted by Crippen LogP contribution is -2.25. The summed E-state index contributed by atoms with van der Waals surface area (Å²) >= 11 is 1.46. The van der Waals surface area contributed by atoms with Crippen molar-refractivity contribution in [3.8, 4) is 0 Å². The van der Waals surface area contributed by atoms with Crippen LogP contribution in [0.2, 0.25) is 0 Å². The number of fused-ring (bicyclic) bond motifs is 1. The van der Waals surface area contributed by atoms with Crippen LogP contribution >= 0.6 is 11.3 Å². The number of aryl methyl sites for hydroxylation is 3. The molecule has 0 bridgehead atoms. The molecule has 2 atom stereocenters. The molecule has 0 spiro atoms. The van der Waals surface area contributed by atoms with Crippen LogP contribution < -0.4 is 0 Å². The molecule has 3 aromatic rings. The number of amides is 1. The highest BCUT2D eigenvalue weighted by Gasteiger charge is 2.36. The maximum absolute atomic E-state index is 13.1. The number of hydrogen-bond donors (Lipinski definition) is 0. The van der Waals surface area contributed by atoms with Gasteiger partial charge in [-0.1, -0.05) is 13.8 Å². The van der Waals surface area contributed by atoms with Crippen molar-refractivity contribution in [3.05, 3.63) is 45.6 Å². The zero-order valence-corrected chi connectivity index (χ0v) is 17.3. The minimum atomic E-state index is 0.00527. The minimum absolute atomic E-state index is 0.00527. The van der Waals surface area contributed by atoms with E-state index in [1.807, 2.05) is 33.9 Å². The highest BCUT2D eigenvalue weighted by Crippen LogP contribution is 2.47. The molecule has 4 rings (SSSR count). The van der Waals surface area contributed by atoms with Crippen LogP contribution in [0.5, 0.6) is 0 Å². The Bertz CT molecular complexity index is 1020. The third-order valence-electron chi connectivity index (χ3n) is 5.42. The van der Waals surface area contributed by atoms with Gasteiger partial charge < -0.3 is 9.32 Å². The maximum atomic E-state index is 13.1. The molecule has 1 saturated carbocycles. The van der Waals surface area contributed by atoms with Gasteiger partial charge in [-0.15, -0.1) is 11.3 Å². The largest absolute Gasteiger partial charge is 0.464 e. The normalized spacial score (nSPS) is 18.9. The standard InChI is InChI=1S/C21H25N3O2S/c1-6-17-22-13(4)18-12(3)19(27-20(18)23-17)21(25)24(5)10-14-7-8-16(26-14)15-9-11(15)2/h7-8,11,15H,6,9-10H2,1-5H3. The van der Waals surface area contributed by atoms with Crippen molar-refractivity contribution in [1.82, 2.24) is 14.9 Å². The number of carbonyl (C=O) groups excluding carboxylic acids is 1. The van der Waals surface area contributed by atoms with E-state index in [4.69, 9.17) is 4.42 Å². The maximum Gasteiger partial charge on any atom is 0.264 e. The summed E-state index contributed by atoms with van der Waals surface area (Å²) in [6.45, 7) is 8.73. The van der Waals surface area contributed by atoms with Gasteiger partial charge in [0.25, 0.3) is 5.91 Å². The van der Waals surface area contributed by atoms with E-state index in [9.17, 15) is 4.79 Å². The Morgan fingerprint density at radius 1 is 1.33 bits per heavy atom. The predicted octanol–water partition coefficient (Wildman–Crippen LogP) is 4.86. The number of rotatable bonds is 5. The zero-order chi connectivity index (χ0) is 19.3. The van der Waals surface area contributed by atoms with Crippen LogP contribution in [-0.2, 0) is 13.0 Å². The van der Waals surface area contributed by atoms with Crippen LogP contribution in [0.3, 0.4) is 0 Å². The first kappa shape index (κ1) is 18.2. The second-order valence-corrected chi connectivity index (χ2v) is 8.60. The van der Waals surface area contributed by atoms with Gasteiger partial charge in [0.1, 0.15) is 22.2 Å². The Hall–Kier alpha value is -2.21. The van der Waals surface area contributed by atoms with Crippen LogP contribution in [0, 0.1) is 19.8 Å². The minimum Gasteiger partial charge on any atom is -0.464 e. The Balaban J connectivity index is 1.57. The lowest BCUT2D eigenvalue weighted by atomic mass is 10.1. The predicted molar refractivity (Wildman–Crippen MR) is 107 cm³/mol. The Kier molecular flexibility index (Phi) is 4.54. The molecule has 5 nitrogen and oxygen atoms in total. The van der Waals surface area contributed by atoms with Crippen molar-refractivity contribution in [2.45, 2.75) is 53.0 Å². The van der Waals surface area contributed by atoms with Gasteiger partial charge in [0.15, 0.2) is 0 Å². The van der Waals surface area contributed by atoms with Crippen molar-refractivity contribution < 1.29 is 9.21 Å². The SMILES string of the molecule is CCc1nc(C)c2c(C)c(C(=O)N(C)Cc3ccc(C4CC4C)o3)sc2n1.